The van der Waals surface area contributed by atoms with Gasteiger partial charge in [-0.05, 0) is 37.1 Å². The number of rotatable bonds is 5. The molecule has 0 radical (unpaired) electrons. The van der Waals surface area contributed by atoms with Crippen LogP contribution in [-0.4, -0.2) is 88.2 Å². The van der Waals surface area contributed by atoms with Gasteiger partial charge >= 0.3 is 23.9 Å². The summed E-state index contributed by atoms with van der Waals surface area (Å²) in [6, 6.07) is 7.86. The lowest BCUT2D eigenvalue weighted by atomic mass is 9.44. The fourth-order valence-corrected chi connectivity index (χ4v) is 8.09. The molecule has 9 atom stereocenters. The molecule has 3 aliphatic carbocycles. The van der Waals surface area contributed by atoms with Crippen molar-refractivity contribution in [2.45, 2.75) is 103 Å². The number of esters is 4. The molecule has 1 aliphatic heterocycles. The average Bonchev–Trinajstić information content (AvgIpc) is 2.94. The van der Waals surface area contributed by atoms with E-state index in [1.54, 1.807) is 18.2 Å². The van der Waals surface area contributed by atoms with Gasteiger partial charge in [0.1, 0.15) is 23.9 Å². The summed E-state index contributed by atoms with van der Waals surface area (Å²) in [5.74, 6) is -5.62. The summed E-state index contributed by atoms with van der Waals surface area (Å²) in [5.41, 5.74) is -7.68. The van der Waals surface area contributed by atoms with Gasteiger partial charge in [-0.3, -0.25) is 19.2 Å². The fourth-order valence-electron chi connectivity index (χ4n) is 8.09. The minimum atomic E-state index is -2.53. The number of fused-ring (bicyclic) bond motifs is 5. The number of Topliss-reactive ketones (excluding diaryl/α,β-unsaturated/α-hetero) is 1. The third-order valence-electron chi connectivity index (χ3n) is 10.3. The molecule has 244 valence electrons. The number of carbonyl (C=O) groups excluding carboxylic acids is 5. The van der Waals surface area contributed by atoms with Gasteiger partial charge in [0.2, 0.25) is 0 Å². The molecule has 0 amide bonds. The molecule has 3 fully saturated rings. The molecule has 0 unspecified atom stereocenters. The van der Waals surface area contributed by atoms with Crippen molar-refractivity contribution in [3.05, 3.63) is 47.0 Å². The van der Waals surface area contributed by atoms with E-state index in [2.05, 4.69) is 0 Å². The molecule has 45 heavy (non-hydrogen) atoms. The zero-order valence-electron chi connectivity index (χ0n) is 27.4. The molecule has 2 saturated carbocycles. The first-order chi connectivity index (χ1) is 21.2. The van der Waals surface area contributed by atoms with E-state index in [1.165, 1.54) is 39.8 Å². The molecular weight excluding hydrogens is 588 g/mol. The van der Waals surface area contributed by atoms with Gasteiger partial charge in [-0.1, -0.05) is 32.0 Å². The summed E-state index contributed by atoms with van der Waals surface area (Å²) in [7, 11) is 0. The number of aliphatic hydroxyl groups is 2. The van der Waals surface area contributed by atoms with Crippen molar-refractivity contribution in [3.8, 4) is 0 Å². The Kier molecular flexibility index (Phi) is 7.69. The van der Waals surface area contributed by atoms with E-state index in [1.807, 2.05) is 0 Å². The van der Waals surface area contributed by atoms with Crippen LogP contribution in [-0.2, 0) is 42.9 Å². The topological polar surface area (TPSA) is 172 Å². The van der Waals surface area contributed by atoms with Crippen molar-refractivity contribution in [2.24, 2.45) is 16.7 Å². The molecule has 1 heterocycles. The van der Waals surface area contributed by atoms with E-state index in [-0.39, 0.29) is 29.7 Å². The molecule has 2 bridgehead atoms. The van der Waals surface area contributed by atoms with Crippen LogP contribution in [0.2, 0.25) is 0 Å². The van der Waals surface area contributed by atoms with Crippen LogP contribution in [0.4, 0.5) is 0 Å². The Balaban J connectivity index is 1.90. The predicted octanol–water partition coefficient (Wildman–Crippen LogP) is 2.22. The van der Waals surface area contributed by atoms with Crippen LogP contribution < -0.4 is 0 Å². The molecule has 1 saturated heterocycles. The van der Waals surface area contributed by atoms with Gasteiger partial charge < -0.3 is 33.9 Å². The van der Waals surface area contributed by atoms with E-state index >= 15 is 4.79 Å². The monoisotopic (exact) mass is 630 g/mol. The molecule has 1 aromatic carbocycles. The first kappa shape index (κ1) is 31.4. The second kappa shape index (κ2) is 11.0. The van der Waals surface area contributed by atoms with E-state index < -0.39 is 94.5 Å². The third kappa shape index (κ3) is 4.80. The number of hydrogen-bond acceptors (Lipinski definition) is 12. The van der Waals surface area contributed by atoms with Crippen LogP contribution in [0.15, 0.2) is 41.5 Å². The highest BCUT2D eigenvalue weighted by Gasteiger charge is 2.79. The lowest BCUT2D eigenvalue weighted by Crippen LogP contribution is -2.82. The quantitative estimate of drug-likeness (QED) is 0.277. The van der Waals surface area contributed by atoms with Gasteiger partial charge in [-0.2, -0.15) is 0 Å². The maximum Gasteiger partial charge on any atom is 0.338 e. The van der Waals surface area contributed by atoms with Crippen LogP contribution in [0.1, 0.15) is 73.0 Å². The van der Waals surface area contributed by atoms with Gasteiger partial charge in [0.25, 0.3) is 0 Å². The van der Waals surface area contributed by atoms with E-state index in [9.17, 15) is 29.4 Å². The summed E-state index contributed by atoms with van der Waals surface area (Å²) in [5, 5.41) is 24.6. The van der Waals surface area contributed by atoms with Crippen molar-refractivity contribution in [1.82, 2.24) is 0 Å². The Labute approximate surface area is 262 Å². The van der Waals surface area contributed by atoms with Gasteiger partial charge in [0.05, 0.1) is 31.0 Å². The number of carbonyl (C=O) groups is 5. The first-order valence-electron chi connectivity index (χ1n) is 15.4. The standard InChI is InChI=1S/C33H40O12/c1-16-21(37)14-33(40)28(44-29(39)20-11-9-8-10-12-20)26-31(7,27(38)25(43-18(3)35)24(16)30(33,5)6)22(42-17(2)34)13-23-32(26,15-41-23)45-19(4)36/h8-12,21-23,25-26,28,37,40H,13-15H2,1-7H3/t21-,22-,23+,25+,26-,28-,31+,32-,33+/m0/s1/i21T. The molecule has 4 aliphatic rings. The Bertz CT molecular complexity index is 1520. The van der Waals surface area contributed by atoms with Crippen LogP contribution >= 0.6 is 0 Å². The second-order valence-electron chi connectivity index (χ2n) is 13.2. The average molecular weight is 631 g/mol. The Morgan fingerprint density at radius 1 is 0.978 bits per heavy atom. The molecule has 12 heteroatoms. The van der Waals surface area contributed by atoms with E-state index in [4.69, 9.17) is 25.1 Å². The molecule has 0 aromatic heterocycles. The Morgan fingerprint density at radius 2 is 1.60 bits per heavy atom. The summed E-state index contributed by atoms with van der Waals surface area (Å²) in [6.45, 7) is 9.03. The lowest BCUT2D eigenvalue weighted by Gasteiger charge is -2.67. The fraction of sp³-hybridized carbons (Fsp3) is 0.606. The van der Waals surface area contributed by atoms with Crippen molar-refractivity contribution < 1.29 is 59.2 Å². The summed E-state index contributed by atoms with van der Waals surface area (Å²) < 4.78 is 38.4. The lowest BCUT2D eigenvalue weighted by molar-refractivity contribution is -0.346. The summed E-state index contributed by atoms with van der Waals surface area (Å²) in [6.07, 6.45) is -9.21. The summed E-state index contributed by atoms with van der Waals surface area (Å²) in [4.78, 5) is 66.9. The Morgan fingerprint density at radius 3 is 2.13 bits per heavy atom. The minimum absolute atomic E-state index is 0.0450. The minimum Gasteiger partial charge on any atom is -0.461 e. The highest BCUT2D eigenvalue weighted by Crippen LogP contribution is 2.64. The van der Waals surface area contributed by atoms with Gasteiger partial charge in [-0.15, -0.1) is 0 Å². The van der Waals surface area contributed by atoms with Crippen molar-refractivity contribution in [3.63, 3.8) is 0 Å². The highest BCUT2D eigenvalue weighted by molar-refractivity contribution is 5.95. The maximum absolute atomic E-state index is 15.2. The van der Waals surface area contributed by atoms with Gasteiger partial charge in [0.15, 0.2) is 17.5 Å². The van der Waals surface area contributed by atoms with Crippen molar-refractivity contribution in [1.29, 1.82) is 0 Å². The first-order valence-corrected chi connectivity index (χ1v) is 14.9. The number of benzene rings is 1. The van der Waals surface area contributed by atoms with Crippen LogP contribution in [0.3, 0.4) is 0 Å². The zero-order valence-corrected chi connectivity index (χ0v) is 26.4. The summed E-state index contributed by atoms with van der Waals surface area (Å²) >= 11 is 0. The maximum atomic E-state index is 15.2. The number of ketones is 1. The van der Waals surface area contributed by atoms with Crippen LogP contribution in [0.5, 0.6) is 0 Å². The van der Waals surface area contributed by atoms with Crippen molar-refractivity contribution >= 4 is 29.7 Å². The van der Waals surface area contributed by atoms with E-state index in [0.29, 0.717) is 0 Å². The predicted molar refractivity (Wildman–Crippen MR) is 154 cm³/mol. The van der Waals surface area contributed by atoms with Gasteiger partial charge in [0, 0.05) is 39.0 Å². The largest absolute Gasteiger partial charge is 0.461 e. The smallest absolute Gasteiger partial charge is 0.338 e. The molecule has 5 rings (SSSR count). The molecule has 2 N–H and O–H groups in total. The Hall–Kier alpha value is -3.61. The zero-order chi connectivity index (χ0) is 34.2. The molecular formula is C33H40O12. The van der Waals surface area contributed by atoms with Crippen LogP contribution in [0, 0.1) is 16.7 Å². The number of ether oxygens (including phenoxy) is 5. The van der Waals surface area contributed by atoms with Crippen molar-refractivity contribution in [2.75, 3.05) is 6.61 Å². The highest BCUT2D eigenvalue weighted by atomic mass is 16.6. The number of hydrogen-bond donors (Lipinski definition) is 2. The second-order valence-corrected chi connectivity index (χ2v) is 13.2. The molecule has 12 nitrogen and oxygen atoms in total. The third-order valence-corrected chi connectivity index (χ3v) is 10.3. The normalized spacial score (nSPS) is 40.2. The SMILES string of the molecule is [3H][C@]1(O)C[C@@]2(O)[C@@H](OC(=O)c3ccccc3)[C@@H]3[C@]4(OC(C)=O)CO[C@@H]4C[C@H](OC(C)=O)[C@@]3(C)C(=O)[C@H](OC(C)=O)C(=C1C)C2(C)C. The molecule has 0 spiro atoms. The van der Waals surface area contributed by atoms with Gasteiger partial charge in [-0.25, -0.2) is 4.79 Å². The van der Waals surface area contributed by atoms with E-state index in [0.717, 1.165) is 20.8 Å². The molecule has 1 aromatic rings. The van der Waals surface area contributed by atoms with Crippen LogP contribution in [0.25, 0.3) is 0 Å².